The van der Waals surface area contributed by atoms with Gasteiger partial charge in [-0.2, -0.15) is 0 Å². The number of aromatic nitrogens is 1. The number of Topliss-reactive ketones (excluding diaryl/α,β-unsaturated/α-hetero) is 1. The van der Waals surface area contributed by atoms with Gasteiger partial charge in [-0.1, -0.05) is 11.6 Å². The summed E-state index contributed by atoms with van der Waals surface area (Å²) in [5, 5.41) is 0. The number of pyridine rings is 1. The lowest BCUT2D eigenvalue weighted by Crippen LogP contribution is -2.61. The molecule has 0 N–H and O–H groups in total. The van der Waals surface area contributed by atoms with Crippen LogP contribution in [0.4, 0.5) is 4.79 Å². The van der Waals surface area contributed by atoms with Crippen molar-refractivity contribution in [2.24, 2.45) is 5.41 Å². The predicted molar refractivity (Wildman–Crippen MR) is 93.0 cm³/mol. The monoisotopic (exact) mass is 341 g/mol. The zero-order valence-electron chi connectivity index (χ0n) is 14.7. The van der Waals surface area contributed by atoms with Crippen LogP contribution in [0.2, 0.25) is 0 Å². The van der Waals surface area contributed by atoms with Crippen molar-refractivity contribution in [3.63, 3.8) is 0 Å². The van der Waals surface area contributed by atoms with Crippen LogP contribution in [0.5, 0.6) is 0 Å². The Hall–Kier alpha value is -2.50. The molecule has 0 saturated carbocycles. The molecule has 0 bridgehead atoms. The normalized spacial score (nSPS) is 24.3. The molecule has 1 saturated heterocycles. The highest BCUT2D eigenvalue weighted by molar-refractivity contribution is 6.07. The maximum atomic E-state index is 13.1. The van der Waals surface area contributed by atoms with Crippen LogP contribution in [0, 0.1) is 5.41 Å². The maximum absolute atomic E-state index is 13.1. The number of ketones is 1. The van der Waals surface area contributed by atoms with E-state index in [4.69, 9.17) is 0 Å². The molecule has 1 aliphatic carbocycles. The maximum Gasteiger partial charge on any atom is 0.326 e. The Balaban J connectivity index is 1.87. The fourth-order valence-electron chi connectivity index (χ4n) is 3.68. The summed E-state index contributed by atoms with van der Waals surface area (Å²) in [6.07, 6.45) is 9.18. The zero-order chi connectivity index (χ0) is 18.0. The van der Waals surface area contributed by atoms with Crippen molar-refractivity contribution in [2.75, 3.05) is 20.1 Å². The van der Waals surface area contributed by atoms with Gasteiger partial charge in [-0.15, -0.1) is 0 Å². The molecule has 6 nitrogen and oxygen atoms in total. The Kier molecular flexibility index (Phi) is 4.70. The van der Waals surface area contributed by atoms with Crippen LogP contribution < -0.4 is 0 Å². The first-order valence-electron chi connectivity index (χ1n) is 8.63. The van der Waals surface area contributed by atoms with Gasteiger partial charge in [0.1, 0.15) is 0 Å². The lowest BCUT2D eigenvalue weighted by molar-refractivity contribution is -0.139. The predicted octanol–water partition coefficient (Wildman–Crippen LogP) is 2.67. The molecule has 1 fully saturated rings. The van der Waals surface area contributed by atoms with Gasteiger partial charge in [0.25, 0.3) is 0 Å². The van der Waals surface area contributed by atoms with E-state index in [2.05, 4.69) is 11.1 Å². The van der Waals surface area contributed by atoms with E-state index in [0.717, 1.165) is 36.2 Å². The van der Waals surface area contributed by atoms with Crippen molar-refractivity contribution in [1.29, 1.82) is 0 Å². The van der Waals surface area contributed by atoms with Gasteiger partial charge in [0.05, 0.1) is 12.0 Å². The molecular formula is C19H23N3O3. The molecule has 0 radical (unpaired) electrons. The van der Waals surface area contributed by atoms with Crippen LogP contribution in [-0.4, -0.2) is 52.6 Å². The number of rotatable bonds is 4. The highest BCUT2D eigenvalue weighted by Crippen LogP contribution is 2.39. The molecule has 0 spiro atoms. The van der Waals surface area contributed by atoms with E-state index in [1.807, 2.05) is 6.92 Å². The topological polar surface area (TPSA) is 70.6 Å². The van der Waals surface area contributed by atoms with E-state index in [0.29, 0.717) is 12.1 Å². The Morgan fingerprint density at radius 3 is 2.76 bits per heavy atom. The summed E-state index contributed by atoms with van der Waals surface area (Å²) in [6.45, 7) is 1.99. The van der Waals surface area contributed by atoms with Crippen molar-refractivity contribution >= 4 is 17.7 Å². The number of imide groups is 1. The molecule has 1 aromatic heterocycles. The van der Waals surface area contributed by atoms with Gasteiger partial charge >= 0.3 is 6.03 Å². The van der Waals surface area contributed by atoms with Crippen LogP contribution in [0.15, 0.2) is 36.2 Å². The van der Waals surface area contributed by atoms with Crippen molar-refractivity contribution in [2.45, 2.75) is 32.6 Å². The number of allylic oxidation sites excluding steroid dienone is 1. The first-order valence-corrected chi connectivity index (χ1v) is 8.63. The van der Waals surface area contributed by atoms with Crippen LogP contribution >= 0.6 is 0 Å². The third-order valence-electron chi connectivity index (χ3n) is 5.11. The van der Waals surface area contributed by atoms with E-state index in [1.165, 1.54) is 11.1 Å². The molecule has 3 rings (SSSR count). The summed E-state index contributed by atoms with van der Waals surface area (Å²) in [5.41, 5.74) is 0.731. The van der Waals surface area contributed by atoms with Gasteiger partial charge in [0, 0.05) is 31.5 Å². The van der Waals surface area contributed by atoms with Crippen LogP contribution in [0.3, 0.4) is 0 Å². The Bertz CT molecular complexity index is 729. The standard InChI is InChI=1S/C19H23N3O3/c1-19(15-8-4-3-5-9-15)13-21(2)18(25)22(17(19)24)12-16(23)14-7-6-10-20-11-14/h6-8,10-11H,3-5,9,12-13H2,1-2H3. The second-order valence-corrected chi connectivity index (χ2v) is 7.00. The number of nitrogens with zero attached hydrogens (tertiary/aromatic N) is 3. The fourth-order valence-corrected chi connectivity index (χ4v) is 3.68. The summed E-state index contributed by atoms with van der Waals surface area (Å²) in [6, 6.07) is 2.88. The lowest BCUT2D eigenvalue weighted by atomic mass is 9.74. The number of urea groups is 1. The summed E-state index contributed by atoms with van der Waals surface area (Å²) in [5.74, 6) is -0.564. The third-order valence-corrected chi connectivity index (χ3v) is 5.11. The summed E-state index contributed by atoms with van der Waals surface area (Å²) in [4.78, 5) is 44.7. The van der Waals surface area contributed by atoms with Crippen molar-refractivity contribution in [3.8, 4) is 0 Å². The number of hydrogen-bond acceptors (Lipinski definition) is 4. The van der Waals surface area contributed by atoms with Crippen LogP contribution in [-0.2, 0) is 4.79 Å². The number of amides is 3. The van der Waals surface area contributed by atoms with E-state index in [-0.39, 0.29) is 18.2 Å². The highest BCUT2D eigenvalue weighted by atomic mass is 16.2. The molecule has 25 heavy (non-hydrogen) atoms. The van der Waals surface area contributed by atoms with Gasteiger partial charge in [-0.25, -0.2) is 4.79 Å². The quantitative estimate of drug-likeness (QED) is 0.623. The molecule has 3 amide bonds. The van der Waals surface area contributed by atoms with E-state index < -0.39 is 11.4 Å². The lowest BCUT2D eigenvalue weighted by Gasteiger charge is -2.44. The van der Waals surface area contributed by atoms with E-state index >= 15 is 0 Å². The SMILES string of the molecule is CN1CC(C)(C2=CCCCC2)C(=O)N(CC(=O)c2cccnc2)C1=O. The minimum absolute atomic E-state index is 0.253. The first-order chi connectivity index (χ1) is 11.9. The smallest absolute Gasteiger partial charge is 0.326 e. The van der Waals surface area contributed by atoms with Crippen molar-refractivity contribution in [1.82, 2.24) is 14.8 Å². The molecule has 1 aromatic rings. The van der Waals surface area contributed by atoms with E-state index in [9.17, 15) is 14.4 Å². The average molecular weight is 341 g/mol. The zero-order valence-corrected chi connectivity index (χ0v) is 14.7. The molecular weight excluding hydrogens is 318 g/mol. The van der Waals surface area contributed by atoms with Gasteiger partial charge in [-0.05, 0) is 44.7 Å². The van der Waals surface area contributed by atoms with E-state index in [1.54, 1.807) is 25.4 Å². The Morgan fingerprint density at radius 1 is 1.32 bits per heavy atom. The Labute approximate surface area is 147 Å². The van der Waals surface area contributed by atoms with Crippen LogP contribution in [0.1, 0.15) is 43.0 Å². The second kappa shape index (κ2) is 6.78. The summed E-state index contributed by atoms with van der Waals surface area (Å²) < 4.78 is 0. The number of hydrogen-bond donors (Lipinski definition) is 0. The third kappa shape index (κ3) is 3.21. The number of carbonyl (C=O) groups excluding carboxylic acids is 3. The minimum Gasteiger partial charge on any atom is -0.326 e. The van der Waals surface area contributed by atoms with Gasteiger partial charge in [-0.3, -0.25) is 19.5 Å². The molecule has 6 heteroatoms. The minimum atomic E-state index is -0.752. The highest BCUT2D eigenvalue weighted by Gasteiger charge is 2.48. The molecule has 2 heterocycles. The molecule has 132 valence electrons. The van der Waals surface area contributed by atoms with Gasteiger partial charge < -0.3 is 4.90 Å². The number of carbonyl (C=O) groups is 3. The molecule has 0 aromatic carbocycles. The average Bonchev–Trinajstić information content (AvgIpc) is 2.65. The summed E-state index contributed by atoms with van der Waals surface area (Å²) in [7, 11) is 1.68. The second-order valence-electron chi connectivity index (χ2n) is 7.00. The van der Waals surface area contributed by atoms with Crippen LogP contribution in [0.25, 0.3) is 0 Å². The molecule has 2 aliphatic rings. The van der Waals surface area contributed by atoms with Crippen molar-refractivity contribution < 1.29 is 14.4 Å². The first kappa shape index (κ1) is 17.3. The van der Waals surface area contributed by atoms with Crippen molar-refractivity contribution in [3.05, 3.63) is 41.7 Å². The molecule has 1 unspecified atom stereocenters. The van der Waals surface area contributed by atoms with Gasteiger partial charge in [0.2, 0.25) is 5.91 Å². The molecule has 1 aliphatic heterocycles. The summed E-state index contributed by atoms with van der Waals surface area (Å²) >= 11 is 0. The largest absolute Gasteiger partial charge is 0.326 e. The Morgan fingerprint density at radius 2 is 2.12 bits per heavy atom. The molecule has 1 atom stereocenters. The van der Waals surface area contributed by atoms with Gasteiger partial charge in [0.15, 0.2) is 5.78 Å². The fraction of sp³-hybridized carbons (Fsp3) is 0.474.